The first-order chi connectivity index (χ1) is 17.2. The van der Waals surface area contributed by atoms with Gasteiger partial charge in [0, 0.05) is 32.1 Å². The molecule has 3 N–H and O–H groups in total. The number of anilines is 2. The molecule has 36 heavy (non-hydrogen) atoms. The van der Waals surface area contributed by atoms with Gasteiger partial charge >= 0.3 is 5.97 Å². The average molecular weight is 493 g/mol. The van der Waals surface area contributed by atoms with Crippen LogP contribution in [0.1, 0.15) is 52.2 Å². The van der Waals surface area contributed by atoms with Crippen molar-refractivity contribution in [2.75, 3.05) is 24.7 Å². The number of carbonyl (C=O) groups excluding carboxylic acids is 3. The second-order valence-corrected chi connectivity index (χ2v) is 9.24. The molecule has 0 aliphatic heterocycles. The summed E-state index contributed by atoms with van der Waals surface area (Å²) >= 11 is 0. The van der Waals surface area contributed by atoms with Gasteiger partial charge in [0.25, 0.3) is 5.91 Å². The molecule has 1 aromatic carbocycles. The van der Waals surface area contributed by atoms with Crippen LogP contribution in [0, 0.1) is 18.8 Å². The number of benzene rings is 1. The number of pyridine rings is 1. The van der Waals surface area contributed by atoms with Crippen LogP contribution in [-0.4, -0.2) is 52.8 Å². The summed E-state index contributed by atoms with van der Waals surface area (Å²) < 4.78 is 5.74. The van der Waals surface area contributed by atoms with E-state index in [1.165, 1.54) is 18.2 Å². The van der Waals surface area contributed by atoms with E-state index in [-0.39, 0.29) is 57.4 Å². The molecule has 1 aliphatic rings. The Kier molecular flexibility index (Phi) is 7.05. The van der Waals surface area contributed by atoms with Crippen molar-refractivity contribution in [2.45, 2.75) is 32.6 Å². The molecular formula is C26H28N4O6. The van der Waals surface area contributed by atoms with Crippen molar-refractivity contribution in [3.8, 4) is 0 Å². The van der Waals surface area contributed by atoms with Gasteiger partial charge in [-0.15, -0.1) is 0 Å². The van der Waals surface area contributed by atoms with Gasteiger partial charge in [0.2, 0.25) is 17.6 Å². The van der Waals surface area contributed by atoms with Gasteiger partial charge in [-0.2, -0.15) is 0 Å². The second-order valence-electron chi connectivity index (χ2n) is 9.24. The number of fused-ring (bicyclic) bond motifs is 1. The summed E-state index contributed by atoms with van der Waals surface area (Å²) in [6.07, 6.45) is 3.76. The van der Waals surface area contributed by atoms with Crippen LogP contribution in [0.15, 0.2) is 40.9 Å². The molecule has 2 aromatic heterocycles. The number of rotatable bonds is 6. The smallest absolute Gasteiger partial charge is 0.336 e. The van der Waals surface area contributed by atoms with E-state index in [0.29, 0.717) is 25.7 Å². The zero-order chi connectivity index (χ0) is 26.0. The first-order valence-electron chi connectivity index (χ1n) is 11.7. The second kappa shape index (κ2) is 10.2. The lowest BCUT2D eigenvalue weighted by Crippen LogP contribution is -2.35. The molecule has 0 bridgehead atoms. The molecule has 1 aliphatic carbocycles. The van der Waals surface area contributed by atoms with Crippen LogP contribution < -0.4 is 10.6 Å². The fraction of sp³-hybridized carbons (Fsp3) is 0.346. The number of carbonyl (C=O) groups is 4. The third-order valence-electron chi connectivity index (χ3n) is 6.44. The van der Waals surface area contributed by atoms with Gasteiger partial charge in [-0.1, -0.05) is 12.1 Å². The van der Waals surface area contributed by atoms with Crippen molar-refractivity contribution < 1.29 is 28.7 Å². The first kappa shape index (κ1) is 24.9. The van der Waals surface area contributed by atoms with Crippen molar-refractivity contribution in [1.82, 2.24) is 9.88 Å². The Hall–Kier alpha value is -4.21. The Balaban J connectivity index is 1.63. The number of amides is 3. The van der Waals surface area contributed by atoms with E-state index in [0.717, 1.165) is 5.56 Å². The Labute approximate surface area is 207 Å². The quantitative estimate of drug-likeness (QED) is 0.473. The lowest BCUT2D eigenvalue weighted by atomic mass is 9.81. The van der Waals surface area contributed by atoms with E-state index in [9.17, 15) is 24.3 Å². The van der Waals surface area contributed by atoms with E-state index in [4.69, 9.17) is 4.42 Å². The maximum absolute atomic E-state index is 13.2. The van der Waals surface area contributed by atoms with Crippen LogP contribution in [0.2, 0.25) is 0 Å². The highest BCUT2D eigenvalue weighted by molar-refractivity contribution is 6.18. The zero-order valence-electron chi connectivity index (χ0n) is 20.3. The normalized spacial score (nSPS) is 17.4. The highest BCUT2D eigenvalue weighted by Gasteiger charge is 2.33. The van der Waals surface area contributed by atoms with Crippen LogP contribution in [0.3, 0.4) is 0 Å². The van der Waals surface area contributed by atoms with Gasteiger partial charge in [-0.25, -0.2) is 9.78 Å². The van der Waals surface area contributed by atoms with Crippen LogP contribution in [0.5, 0.6) is 0 Å². The molecule has 4 rings (SSSR count). The molecular weight excluding hydrogens is 464 g/mol. The van der Waals surface area contributed by atoms with E-state index in [1.54, 1.807) is 37.3 Å². The number of carboxylic acid groups (broad SMARTS) is 1. The zero-order valence-corrected chi connectivity index (χ0v) is 20.3. The van der Waals surface area contributed by atoms with Crippen LogP contribution in [0.25, 0.3) is 11.0 Å². The molecule has 1 saturated carbocycles. The number of hydrogen-bond acceptors (Lipinski definition) is 6. The summed E-state index contributed by atoms with van der Waals surface area (Å²) in [6.45, 7) is 1.86. The molecule has 2 heterocycles. The van der Waals surface area contributed by atoms with Gasteiger partial charge in [0.1, 0.15) is 17.1 Å². The molecule has 3 amide bonds. The minimum Gasteiger partial charge on any atom is -0.478 e. The fourth-order valence-corrected chi connectivity index (χ4v) is 4.51. The Morgan fingerprint density at radius 2 is 1.69 bits per heavy atom. The van der Waals surface area contributed by atoms with E-state index in [2.05, 4.69) is 15.6 Å². The van der Waals surface area contributed by atoms with Crippen molar-refractivity contribution in [3.05, 3.63) is 53.4 Å². The maximum Gasteiger partial charge on any atom is 0.336 e. The highest BCUT2D eigenvalue weighted by atomic mass is 16.4. The number of carboxylic acids is 1. The Morgan fingerprint density at radius 3 is 2.31 bits per heavy atom. The van der Waals surface area contributed by atoms with Crippen molar-refractivity contribution in [3.63, 3.8) is 0 Å². The van der Waals surface area contributed by atoms with Gasteiger partial charge in [0.15, 0.2) is 0 Å². The molecule has 3 aromatic rings. The fourth-order valence-electron chi connectivity index (χ4n) is 4.51. The summed E-state index contributed by atoms with van der Waals surface area (Å²) in [5.74, 6) is -2.63. The topological polar surface area (TPSA) is 142 Å². The molecule has 0 radical (unpaired) electrons. The monoisotopic (exact) mass is 492 g/mol. The number of furan rings is 1. The molecule has 0 atom stereocenters. The average Bonchev–Trinajstić information content (AvgIpc) is 3.23. The lowest BCUT2D eigenvalue weighted by molar-refractivity contribution is -0.135. The largest absolute Gasteiger partial charge is 0.478 e. The van der Waals surface area contributed by atoms with Gasteiger partial charge in [-0.05, 0) is 56.4 Å². The predicted octanol–water partition coefficient (Wildman–Crippen LogP) is 3.92. The number of hydrogen-bond donors (Lipinski definition) is 3. The maximum atomic E-state index is 13.2. The number of nitrogens with one attached hydrogen (secondary N) is 2. The third-order valence-corrected chi connectivity index (χ3v) is 6.44. The summed E-state index contributed by atoms with van der Waals surface area (Å²) in [5.41, 5.74) is 0.980. The molecule has 1 fully saturated rings. The van der Waals surface area contributed by atoms with E-state index >= 15 is 0 Å². The molecule has 0 saturated heterocycles. The molecule has 10 heteroatoms. The summed E-state index contributed by atoms with van der Waals surface area (Å²) in [5, 5.41) is 15.3. The lowest BCUT2D eigenvalue weighted by Gasteiger charge is -2.28. The van der Waals surface area contributed by atoms with Gasteiger partial charge in [0.05, 0.1) is 10.9 Å². The first-order valence-corrected chi connectivity index (χ1v) is 11.7. The SMILES string of the molecule is Cc1ccc(NC(=O)c2oc3cccc(C(=O)O)c3c2NC(=O)C2CCC(C(=O)N(C)C)CC2)nc1. The predicted molar refractivity (Wildman–Crippen MR) is 133 cm³/mol. The Bertz CT molecular complexity index is 1320. The van der Waals surface area contributed by atoms with Crippen LogP contribution >= 0.6 is 0 Å². The molecule has 188 valence electrons. The molecule has 10 nitrogen and oxygen atoms in total. The van der Waals surface area contributed by atoms with Crippen molar-refractivity contribution in [2.24, 2.45) is 11.8 Å². The van der Waals surface area contributed by atoms with Crippen LogP contribution in [0.4, 0.5) is 11.5 Å². The number of aromatic carboxylic acids is 1. The van der Waals surface area contributed by atoms with Crippen molar-refractivity contribution >= 4 is 46.2 Å². The standard InChI is InChI=1S/C26H28N4O6/c1-14-7-12-19(27-13-14)28-24(32)22-21(20-17(26(34)35)5-4-6-18(20)36-22)29-23(31)15-8-10-16(11-9-15)25(33)30(2)3/h4-7,12-13,15-16H,8-11H2,1-3H3,(H,29,31)(H,34,35)(H,27,28,32). The third kappa shape index (κ3) is 5.07. The summed E-state index contributed by atoms with van der Waals surface area (Å²) in [6, 6.07) is 7.84. The summed E-state index contributed by atoms with van der Waals surface area (Å²) in [4.78, 5) is 56.3. The number of aryl methyl sites for hydroxylation is 1. The van der Waals surface area contributed by atoms with Gasteiger partial charge < -0.3 is 25.1 Å². The minimum absolute atomic E-state index is 0.00380. The number of nitrogens with zero attached hydrogens (tertiary/aromatic N) is 2. The number of aromatic nitrogens is 1. The molecule has 0 unspecified atom stereocenters. The minimum atomic E-state index is -1.22. The Morgan fingerprint density at radius 1 is 1.00 bits per heavy atom. The van der Waals surface area contributed by atoms with E-state index < -0.39 is 11.9 Å². The van der Waals surface area contributed by atoms with Gasteiger partial charge in [-0.3, -0.25) is 14.4 Å². The van der Waals surface area contributed by atoms with Crippen molar-refractivity contribution in [1.29, 1.82) is 0 Å². The molecule has 0 spiro atoms. The highest BCUT2D eigenvalue weighted by Crippen LogP contribution is 2.36. The summed E-state index contributed by atoms with van der Waals surface area (Å²) in [7, 11) is 3.42. The van der Waals surface area contributed by atoms with Crippen LogP contribution in [-0.2, 0) is 9.59 Å². The van der Waals surface area contributed by atoms with E-state index in [1.807, 2.05) is 6.92 Å².